The van der Waals surface area contributed by atoms with E-state index in [4.69, 9.17) is 11.6 Å². The molecular formula is C12H15ClN6O3. The Morgan fingerprint density at radius 2 is 2.23 bits per heavy atom. The highest BCUT2D eigenvalue weighted by Gasteiger charge is 2.19. The van der Waals surface area contributed by atoms with E-state index in [1.807, 2.05) is 6.92 Å². The summed E-state index contributed by atoms with van der Waals surface area (Å²) in [7, 11) is 0. The predicted octanol–water partition coefficient (Wildman–Crippen LogP) is 1.41. The molecule has 1 atom stereocenters. The molecule has 9 nitrogen and oxygen atoms in total. The molecule has 2 aromatic heterocycles. The SMILES string of the molecule is CCC(C(=O)NCCn1cc([N+](=O)[O-])cn1)n1cc(Cl)cn1. The molecule has 1 N–H and O–H groups in total. The number of hydrogen-bond acceptors (Lipinski definition) is 5. The van der Waals surface area contributed by atoms with Crippen LogP contribution in [0.1, 0.15) is 19.4 Å². The molecule has 118 valence electrons. The lowest BCUT2D eigenvalue weighted by molar-refractivity contribution is -0.385. The Bertz CT molecular complexity index is 667. The average molecular weight is 327 g/mol. The van der Waals surface area contributed by atoms with Crippen molar-refractivity contribution in [1.29, 1.82) is 0 Å². The zero-order valence-electron chi connectivity index (χ0n) is 11.8. The molecule has 0 saturated carbocycles. The van der Waals surface area contributed by atoms with Crippen LogP contribution in [0, 0.1) is 10.1 Å². The van der Waals surface area contributed by atoms with Crippen LogP contribution in [0.15, 0.2) is 24.8 Å². The number of nitrogens with one attached hydrogen (secondary N) is 1. The smallest absolute Gasteiger partial charge is 0.306 e. The molecule has 0 saturated heterocycles. The van der Waals surface area contributed by atoms with Crippen LogP contribution < -0.4 is 5.32 Å². The summed E-state index contributed by atoms with van der Waals surface area (Å²) in [6.07, 6.45) is 6.11. The van der Waals surface area contributed by atoms with Gasteiger partial charge in [0.25, 0.3) is 0 Å². The quantitative estimate of drug-likeness (QED) is 0.611. The molecule has 10 heteroatoms. The van der Waals surface area contributed by atoms with Crippen LogP contribution >= 0.6 is 11.6 Å². The van der Waals surface area contributed by atoms with Gasteiger partial charge in [0, 0.05) is 12.7 Å². The van der Waals surface area contributed by atoms with Crippen molar-refractivity contribution in [2.75, 3.05) is 6.54 Å². The van der Waals surface area contributed by atoms with E-state index < -0.39 is 11.0 Å². The number of carbonyl (C=O) groups excluding carboxylic acids is 1. The summed E-state index contributed by atoms with van der Waals surface area (Å²) in [5.74, 6) is -0.191. The third-order valence-corrected chi connectivity index (χ3v) is 3.24. The Hall–Kier alpha value is -2.42. The Morgan fingerprint density at radius 1 is 1.45 bits per heavy atom. The van der Waals surface area contributed by atoms with Gasteiger partial charge in [0.05, 0.1) is 22.7 Å². The van der Waals surface area contributed by atoms with Gasteiger partial charge in [-0.1, -0.05) is 18.5 Å². The molecule has 0 aliphatic heterocycles. The number of halogens is 1. The van der Waals surface area contributed by atoms with Gasteiger partial charge in [-0.05, 0) is 6.42 Å². The first kappa shape index (κ1) is 16.0. The van der Waals surface area contributed by atoms with Crippen molar-refractivity contribution in [1.82, 2.24) is 24.9 Å². The molecule has 0 aromatic carbocycles. The summed E-state index contributed by atoms with van der Waals surface area (Å²) in [5, 5.41) is 21.6. The minimum absolute atomic E-state index is 0.0797. The maximum atomic E-state index is 12.1. The van der Waals surface area contributed by atoms with Gasteiger partial charge in [-0.2, -0.15) is 10.2 Å². The summed E-state index contributed by atoms with van der Waals surface area (Å²) < 4.78 is 2.92. The first-order chi connectivity index (χ1) is 10.5. The van der Waals surface area contributed by atoms with Gasteiger partial charge in [0.1, 0.15) is 18.4 Å². The van der Waals surface area contributed by atoms with E-state index in [9.17, 15) is 14.9 Å². The molecule has 22 heavy (non-hydrogen) atoms. The second-order valence-corrected chi connectivity index (χ2v) is 5.01. The van der Waals surface area contributed by atoms with Crippen molar-refractivity contribution in [3.8, 4) is 0 Å². The van der Waals surface area contributed by atoms with E-state index in [-0.39, 0.29) is 11.6 Å². The van der Waals surface area contributed by atoms with Crippen molar-refractivity contribution in [3.63, 3.8) is 0 Å². The fourth-order valence-corrected chi connectivity index (χ4v) is 2.10. The largest absolute Gasteiger partial charge is 0.352 e. The number of carbonyl (C=O) groups is 1. The van der Waals surface area contributed by atoms with Crippen molar-refractivity contribution in [2.45, 2.75) is 25.9 Å². The monoisotopic (exact) mass is 326 g/mol. The van der Waals surface area contributed by atoms with Crippen LogP contribution in [0.5, 0.6) is 0 Å². The minimum atomic E-state index is -0.517. The zero-order chi connectivity index (χ0) is 16.1. The summed E-state index contributed by atoms with van der Waals surface area (Å²) in [6.45, 7) is 2.52. The first-order valence-electron chi connectivity index (χ1n) is 6.65. The van der Waals surface area contributed by atoms with Gasteiger partial charge >= 0.3 is 5.69 Å². The highest BCUT2D eigenvalue weighted by molar-refractivity contribution is 6.30. The Balaban J connectivity index is 1.87. The topological polar surface area (TPSA) is 108 Å². The van der Waals surface area contributed by atoms with Crippen LogP contribution in [0.3, 0.4) is 0 Å². The molecule has 0 aliphatic carbocycles. The molecule has 1 amide bonds. The van der Waals surface area contributed by atoms with Crippen molar-refractivity contribution in [2.24, 2.45) is 0 Å². The van der Waals surface area contributed by atoms with Crippen LogP contribution in [0.2, 0.25) is 5.02 Å². The molecular weight excluding hydrogens is 312 g/mol. The van der Waals surface area contributed by atoms with E-state index in [1.54, 1.807) is 6.20 Å². The molecule has 0 aliphatic rings. The van der Waals surface area contributed by atoms with Crippen LogP contribution in [-0.2, 0) is 11.3 Å². The molecule has 2 rings (SSSR count). The number of nitrogens with zero attached hydrogens (tertiary/aromatic N) is 5. The second-order valence-electron chi connectivity index (χ2n) is 4.57. The standard InChI is InChI=1S/C12H15ClN6O3/c1-2-11(18-7-9(13)5-16-18)12(20)14-3-4-17-8-10(6-15-17)19(21)22/h5-8,11H,2-4H2,1H3,(H,14,20). The number of aromatic nitrogens is 4. The maximum Gasteiger partial charge on any atom is 0.306 e. The normalized spacial score (nSPS) is 12.1. The molecule has 2 heterocycles. The number of nitro groups is 1. The maximum absolute atomic E-state index is 12.1. The van der Waals surface area contributed by atoms with E-state index in [0.29, 0.717) is 24.5 Å². The molecule has 0 bridgehead atoms. The number of hydrogen-bond donors (Lipinski definition) is 1. The van der Waals surface area contributed by atoms with E-state index >= 15 is 0 Å². The first-order valence-corrected chi connectivity index (χ1v) is 7.03. The van der Waals surface area contributed by atoms with Crippen molar-refractivity contribution in [3.05, 3.63) is 39.9 Å². The molecule has 2 aromatic rings. The highest BCUT2D eigenvalue weighted by atomic mass is 35.5. The summed E-state index contributed by atoms with van der Waals surface area (Å²) in [5.41, 5.74) is -0.0797. The zero-order valence-corrected chi connectivity index (χ0v) is 12.6. The van der Waals surface area contributed by atoms with Gasteiger partial charge in [-0.25, -0.2) is 0 Å². The summed E-state index contributed by atoms with van der Waals surface area (Å²) >= 11 is 5.80. The van der Waals surface area contributed by atoms with Crippen LogP contribution in [0.25, 0.3) is 0 Å². The average Bonchev–Trinajstić information content (AvgIpc) is 3.09. The lowest BCUT2D eigenvalue weighted by atomic mass is 10.2. The van der Waals surface area contributed by atoms with E-state index in [1.165, 1.54) is 28.0 Å². The van der Waals surface area contributed by atoms with Gasteiger partial charge in [-0.3, -0.25) is 24.3 Å². The second kappa shape index (κ2) is 7.03. The van der Waals surface area contributed by atoms with Gasteiger partial charge in [-0.15, -0.1) is 0 Å². The van der Waals surface area contributed by atoms with Crippen molar-refractivity contribution >= 4 is 23.2 Å². The summed E-state index contributed by atoms with van der Waals surface area (Å²) in [6, 6.07) is -0.445. The molecule has 1 unspecified atom stereocenters. The summed E-state index contributed by atoms with van der Waals surface area (Å²) in [4.78, 5) is 22.2. The number of amides is 1. The molecule has 0 spiro atoms. The lowest BCUT2D eigenvalue weighted by Crippen LogP contribution is -2.34. The fraction of sp³-hybridized carbons (Fsp3) is 0.417. The third-order valence-electron chi connectivity index (χ3n) is 3.05. The van der Waals surface area contributed by atoms with E-state index in [0.717, 1.165) is 0 Å². The Kier molecular flexibility index (Phi) is 5.10. The van der Waals surface area contributed by atoms with Gasteiger partial charge in [0.2, 0.25) is 5.91 Å². The Labute approximate surface area is 131 Å². The van der Waals surface area contributed by atoms with Crippen LogP contribution in [0.4, 0.5) is 5.69 Å². The fourth-order valence-electron chi connectivity index (χ4n) is 1.96. The molecule has 0 radical (unpaired) electrons. The highest BCUT2D eigenvalue weighted by Crippen LogP contribution is 2.14. The van der Waals surface area contributed by atoms with Gasteiger partial charge < -0.3 is 5.32 Å². The van der Waals surface area contributed by atoms with Crippen LogP contribution in [-0.4, -0.2) is 36.9 Å². The van der Waals surface area contributed by atoms with E-state index in [2.05, 4.69) is 15.5 Å². The minimum Gasteiger partial charge on any atom is -0.352 e. The lowest BCUT2D eigenvalue weighted by Gasteiger charge is -2.15. The third kappa shape index (κ3) is 3.82. The van der Waals surface area contributed by atoms with Crippen molar-refractivity contribution < 1.29 is 9.72 Å². The Morgan fingerprint density at radius 3 is 2.77 bits per heavy atom. The predicted molar refractivity (Wildman–Crippen MR) is 78.5 cm³/mol. The number of rotatable bonds is 7. The molecule has 0 fully saturated rings. The van der Waals surface area contributed by atoms with Gasteiger partial charge in [0.15, 0.2) is 0 Å².